The van der Waals surface area contributed by atoms with Crippen molar-refractivity contribution in [3.8, 4) is 11.5 Å². The van der Waals surface area contributed by atoms with E-state index in [1.165, 1.54) is 11.1 Å². The second kappa shape index (κ2) is 14.3. The van der Waals surface area contributed by atoms with Gasteiger partial charge in [-0.25, -0.2) is 0 Å². The summed E-state index contributed by atoms with van der Waals surface area (Å²) in [6, 6.07) is 18.1. The highest BCUT2D eigenvalue weighted by molar-refractivity contribution is 7.10. The normalized spacial score (nSPS) is 15.9. The van der Waals surface area contributed by atoms with Gasteiger partial charge in [-0.1, -0.05) is 36.4 Å². The van der Waals surface area contributed by atoms with E-state index in [0.717, 1.165) is 16.9 Å². The molecule has 4 rings (SSSR count). The molecule has 0 N–H and O–H groups in total. The van der Waals surface area contributed by atoms with Crippen molar-refractivity contribution in [3.05, 3.63) is 81.5 Å². The van der Waals surface area contributed by atoms with Gasteiger partial charge in [0.1, 0.15) is 0 Å². The van der Waals surface area contributed by atoms with Crippen LogP contribution in [-0.4, -0.2) is 69.2 Å². The van der Waals surface area contributed by atoms with Gasteiger partial charge in [-0.3, -0.25) is 9.59 Å². The average molecular weight is 565 g/mol. The summed E-state index contributed by atoms with van der Waals surface area (Å²) in [6.45, 7) is 4.23. The second-order valence-electron chi connectivity index (χ2n) is 10.2. The van der Waals surface area contributed by atoms with E-state index in [2.05, 4.69) is 30.5 Å². The van der Waals surface area contributed by atoms with Crippen LogP contribution < -0.4 is 9.47 Å². The summed E-state index contributed by atoms with van der Waals surface area (Å²) >= 11 is 1.66. The van der Waals surface area contributed by atoms with Gasteiger partial charge >= 0.3 is 0 Å². The number of carbonyl (C=O) groups is 2. The zero-order valence-corrected chi connectivity index (χ0v) is 24.7. The van der Waals surface area contributed by atoms with E-state index in [1.54, 1.807) is 37.6 Å². The highest BCUT2D eigenvalue weighted by Crippen LogP contribution is 2.48. The summed E-state index contributed by atoms with van der Waals surface area (Å²) in [5.41, 5.74) is 3.41. The van der Waals surface area contributed by atoms with E-state index in [4.69, 9.17) is 14.2 Å². The van der Waals surface area contributed by atoms with Gasteiger partial charge in [0, 0.05) is 37.6 Å². The lowest BCUT2D eigenvalue weighted by Gasteiger charge is -2.28. The lowest BCUT2D eigenvalue weighted by atomic mass is 10.1. The molecule has 1 heterocycles. The molecule has 0 aliphatic heterocycles. The first kappa shape index (κ1) is 29.6. The van der Waals surface area contributed by atoms with Crippen molar-refractivity contribution < 1.29 is 23.8 Å². The highest BCUT2D eigenvalue weighted by atomic mass is 32.1. The van der Waals surface area contributed by atoms with Crippen molar-refractivity contribution in [1.82, 2.24) is 9.80 Å². The smallest absolute Gasteiger partial charge is 0.242 e. The van der Waals surface area contributed by atoms with Crippen LogP contribution in [0.3, 0.4) is 0 Å². The molecule has 0 radical (unpaired) electrons. The van der Waals surface area contributed by atoms with Gasteiger partial charge in [0.15, 0.2) is 11.5 Å². The highest BCUT2D eigenvalue weighted by Gasteiger charge is 2.46. The average Bonchev–Trinajstić information content (AvgIpc) is 3.69. The van der Waals surface area contributed by atoms with Crippen molar-refractivity contribution in [2.24, 2.45) is 5.92 Å². The number of hydrogen-bond acceptors (Lipinski definition) is 6. The van der Waals surface area contributed by atoms with Crippen LogP contribution >= 0.6 is 11.3 Å². The molecule has 3 aromatic rings. The number of methoxy groups -OCH3 is 3. The number of rotatable bonds is 15. The Morgan fingerprint density at radius 1 is 0.950 bits per heavy atom. The predicted octanol–water partition coefficient (Wildman–Crippen LogP) is 5.31. The first-order valence-corrected chi connectivity index (χ1v) is 14.7. The summed E-state index contributed by atoms with van der Waals surface area (Å²) in [5.74, 6) is 1.51. The Balaban J connectivity index is 1.48. The molecule has 2 atom stereocenters. The van der Waals surface area contributed by atoms with Gasteiger partial charge in [0.25, 0.3) is 0 Å². The number of benzene rings is 2. The molecule has 40 heavy (non-hydrogen) atoms. The molecule has 0 spiro atoms. The second-order valence-corrected chi connectivity index (χ2v) is 11.2. The number of amides is 2. The third-order valence-corrected chi connectivity index (χ3v) is 8.53. The Morgan fingerprint density at radius 2 is 1.73 bits per heavy atom. The number of aryl methyl sites for hydroxylation is 1. The number of thiophene rings is 1. The first-order valence-electron chi connectivity index (χ1n) is 13.8. The van der Waals surface area contributed by atoms with Crippen LogP contribution in [0.2, 0.25) is 0 Å². The van der Waals surface area contributed by atoms with Gasteiger partial charge in [-0.05, 0) is 72.4 Å². The monoisotopic (exact) mass is 564 g/mol. The van der Waals surface area contributed by atoms with Crippen LogP contribution in [0.1, 0.15) is 40.3 Å². The molecule has 1 saturated carbocycles. The molecule has 2 unspecified atom stereocenters. The van der Waals surface area contributed by atoms with E-state index in [0.29, 0.717) is 50.6 Å². The third kappa shape index (κ3) is 7.64. The Hall–Kier alpha value is -3.36. The summed E-state index contributed by atoms with van der Waals surface area (Å²) in [7, 11) is 4.89. The van der Waals surface area contributed by atoms with E-state index in [9.17, 15) is 9.59 Å². The molecule has 0 saturated heterocycles. The van der Waals surface area contributed by atoms with Crippen LogP contribution in [0.25, 0.3) is 0 Å². The predicted molar refractivity (Wildman–Crippen MR) is 158 cm³/mol. The Morgan fingerprint density at radius 3 is 2.40 bits per heavy atom. The van der Waals surface area contributed by atoms with Crippen molar-refractivity contribution in [1.29, 1.82) is 0 Å². The number of carbonyl (C=O) groups excluding carboxylic acids is 2. The third-order valence-electron chi connectivity index (χ3n) is 7.52. The maximum absolute atomic E-state index is 13.8. The molecule has 1 aliphatic carbocycles. The first-order chi connectivity index (χ1) is 19.4. The minimum Gasteiger partial charge on any atom is -0.493 e. The number of hydrogen-bond donors (Lipinski definition) is 0. The van der Waals surface area contributed by atoms with Gasteiger partial charge < -0.3 is 24.0 Å². The molecule has 214 valence electrons. The Kier molecular flexibility index (Phi) is 10.6. The van der Waals surface area contributed by atoms with E-state index >= 15 is 0 Å². The number of ether oxygens (including phenoxy) is 3. The minimum atomic E-state index is -0.0718. The standard InChI is InChI=1S/C32H40N2O5S/c1-23-14-18-40-30(23)21-33(16-13-24-11-12-28(38-3)29(19-24)39-4)31(35)22-34(15-8-17-37-2)32(36)27-20-26(27)25-9-6-5-7-10-25/h5-7,9-12,14,18-19,26-27H,8,13,15-17,20-22H2,1-4H3. The lowest BCUT2D eigenvalue weighted by molar-refractivity contribution is -0.141. The molecule has 7 nitrogen and oxygen atoms in total. The molecule has 8 heteroatoms. The molecule has 1 fully saturated rings. The maximum Gasteiger partial charge on any atom is 0.242 e. The summed E-state index contributed by atoms with van der Waals surface area (Å²) in [4.78, 5) is 32.2. The quantitative estimate of drug-likeness (QED) is 0.234. The Bertz CT molecular complexity index is 1260. The Labute approximate surface area is 241 Å². The van der Waals surface area contributed by atoms with Gasteiger partial charge in [0.2, 0.25) is 11.8 Å². The van der Waals surface area contributed by atoms with Crippen molar-refractivity contribution in [2.75, 3.05) is 47.6 Å². The summed E-state index contributed by atoms with van der Waals surface area (Å²) < 4.78 is 16.1. The van der Waals surface area contributed by atoms with Crippen LogP contribution in [0, 0.1) is 12.8 Å². The van der Waals surface area contributed by atoms with Gasteiger partial charge in [0.05, 0.1) is 27.3 Å². The zero-order valence-electron chi connectivity index (χ0n) is 23.9. The largest absolute Gasteiger partial charge is 0.493 e. The molecule has 1 aromatic heterocycles. The minimum absolute atomic E-state index is 0.0454. The number of nitrogens with zero attached hydrogens (tertiary/aromatic N) is 2. The lowest BCUT2D eigenvalue weighted by Crippen LogP contribution is -2.44. The molecule has 0 bridgehead atoms. The maximum atomic E-state index is 13.8. The van der Waals surface area contributed by atoms with Crippen LogP contribution in [0.5, 0.6) is 11.5 Å². The molecular weight excluding hydrogens is 524 g/mol. The zero-order chi connectivity index (χ0) is 28.5. The SMILES string of the molecule is COCCCN(CC(=O)N(CCc1ccc(OC)c(OC)c1)Cc1sccc1C)C(=O)C1CC1c1ccccc1. The molecule has 1 aliphatic rings. The van der Waals surface area contributed by atoms with Crippen molar-refractivity contribution in [2.45, 2.75) is 38.6 Å². The van der Waals surface area contributed by atoms with Crippen LogP contribution in [-0.2, 0) is 27.3 Å². The summed E-state index contributed by atoms with van der Waals surface area (Å²) in [5, 5.41) is 2.05. The van der Waals surface area contributed by atoms with Gasteiger partial charge in [-0.15, -0.1) is 11.3 Å². The van der Waals surface area contributed by atoms with E-state index < -0.39 is 0 Å². The van der Waals surface area contributed by atoms with Crippen LogP contribution in [0.15, 0.2) is 60.0 Å². The fourth-order valence-corrected chi connectivity index (χ4v) is 5.95. The van der Waals surface area contributed by atoms with E-state index in [1.807, 2.05) is 41.3 Å². The van der Waals surface area contributed by atoms with E-state index in [-0.39, 0.29) is 30.2 Å². The molecule has 2 amide bonds. The van der Waals surface area contributed by atoms with Crippen molar-refractivity contribution >= 4 is 23.2 Å². The van der Waals surface area contributed by atoms with Crippen molar-refractivity contribution in [3.63, 3.8) is 0 Å². The fourth-order valence-electron chi connectivity index (χ4n) is 5.03. The fraction of sp³-hybridized carbons (Fsp3) is 0.438. The van der Waals surface area contributed by atoms with Crippen LogP contribution in [0.4, 0.5) is 0 Å². The molecular formula is C32H40N2O5S. The summed E-state index contributed by atoms with van der Waals surface area (Å²) in [6.07, 6.45) is 2.18. The molecule has 2 aromatic carbocycles. The van der Waals surface area contributed by atoms with Gasteiger partial charge in [-0.2, -0.15) is 0 Å². The topological polar surface area (TPSA) is 68.3 Å².